The lowest BCUT2D eigenvalue weighted by molar-refractivity contribution is -0.154. The van der Waals surface area contributed by atoms with Gasteiger partial charge in [0.1, 0.15) is 0 Å². The Kier molecular flexibility index (Phi) is 4.35. The van der Waals surface area contributed by atoms with E-state index in [0.29, 0.717) is 4.47 Å². The second-order valence-corrected chi connectivity index (χ2v) is 4.25. The molecule has 0 aliphatic rings. The Labute approximate surface area is 98.8 Å². The number of rotatable bonds is 3. The van der Waals surface area contributed by atoms with Crippen LogP contribution in [0.4, 0.5) is 13.2 Å². The summed E-state index contributed by atoms with van der Waals surface area (Å²) < 4.78 is 36.9. The molecule has 1 aromatic carbocycles. The molecule has 0 saturated carbocycles. The van der Waals surface area contributed by atoms with Gasteiger partial charge in [0.15, 0.2) is 0 Å². The fourth-order valence-electron chi connectivity index (χ4n) is 1.37. The number of benzene rings is 1. The Bertz CT molecular complexity index is 366. The highest BCUT2D eigenvalue weighted by Gasteiger charge is 2.32. The van der Waals surface area contributed by atoms with Crippen LogP contribution in [-0.4, -0.2) is 16.4 Å². The molecular weight excluding hydrogens is 289 g/mol. The molecule has 0 aromatic heterocycles. The predicted molar refractivity (Wildman–Crippen MR) is 55.7 cm³/mol. The van der Waals surface area contributed by atoms with Crippen LogP contribution in [-0.2, 0) is 6.61 Å². The zero-order valence-corrected chi connectivity index (χ0v) is 9.72. The minimum Gasteiger partial charge on any atom is -0.392 e. The van der Waals surface area contributed by atoms with Gasteiger partial charge in [-0.3, -0.25) is 0 Å². The van der Waals surface area contributed by atoms with Crippen LogP contribution in [0.5, 0.6) is 0 Å². The molecule has 0 saturated heterocycles. The molecule has 90 valence electrons. The van der Waals surface area contributed by atoms with Crippen molar-refractivity contribution < 1.29 is 23.4 Å². The van der Waals surface area contributed by atoms with Crippen molar-refractivity contribution in [1.29, 1.82) is 0 Å². The summed E-state index contributed by atoms with van der Waals surface area (Å²) in [6.07, 6.45) is -7.39. The molecule has 2 N–H and O–H groups in total. The highest BCUT2D eigenvalue weighted by atomic mass is 79.9. The van der Waals surface area contributed by atoms with Crippen LogP contribution in [0.1, 0.15) is 23.7 Å². The molecular formula is C10H10BrF3O2. The molecule has 1 aromatic rings. The largest absolute Gasteiger partial charge is 0.392 e. The Hall–Kier alpha value is -0.590. The molecule has 0 radical (unpaired) electrons. The smallest absolute Gasteiger partial charge is 0.391 e. The zero-order chi connectivity index (χ0) is 12.3. The molecule has 1 atom stereocenters. The minimum atomic E-state index is -4.43. The van der Waals surface area contributed by atoms with Crippen LogP contribution in [0.25, 0.3) is 0 Å². The summed E-state index contributed by atoms with van der Waals surface area (Å²) in [6.45, 7) is -0.413. The summed E-state index contributed by atoms with van der Waals surface area (Å²) in [4.78, 5) is 0. The van der Waals surface area contributed by atoms with E-state index >= 15 is 0 Å². The van der Waals surface area contributed by atoms with E-state index in [4.69, 9.17) is 5.11 Å². The maximum absolute atomic E-state index is 12.1. The molecule has 0 aliphatic heterocycles. The first-order chi connectivity index (χ1) is 7.33. The lowest BCUT2D eigenvalue weighted by Gasteiger charge is -2.16. The van der Waals surface area contributed by atoms with Crippen LogP contribution >= 0.6 is 15.9 Å². The van der Waals surface area contributed by atoms with Crippen LogP contribution < -0.4 is 0 Å². The van der Waals surface area contributed by atoms with Gasteiger partial charge in [-0.2, -0.15) is 13.2 Å². The van der Waals surface area contributed by atoms with E-state index in [1.165, 1.54) is 18.2 Å². The summed E-state index contributed by atoms with van der Waals surface area (Å²) >= 11 is 3.13. The molecule has 0 fully saturated rings. The van der Waals surface area contributed by atoms with Crippen molar-refractivity contribution >= 4 is 15.9 Å². The molecule has 2 nitrogen and oxygen atoms in total. The van der Waals surface area contributed by atoms with Crippen molar-refractivity contribution in [2.45, 2.75) is 25.3 Å². The van der Waals surface area contributed by atoms with Gasteiger partial charge >= 0.3 is 6.18 Å². The highest BCUT2D eigenvalue weighted by Crippen LogP contribution is 2.31. The Morgan fingerprint density at radius 1 is 1.31 bits per heavy atom. The minimum absolute atomic E-state index is 0.100. The fourth-order valence-corrected chi connectivity index (χ4v) is 1.77. The standard InChI is InChI=1S/C10H10BrF3O2/c11-7-1-2-8(6(3-7)5-15)9(16)4-10(12,13)14/h1-3,9,15-16H,4-5H2. The van der Waals surface area contributed by atoms with E-state index in [1.54, 1.807) is 0 Å². The van der Waals surface area contributed by atoms with E-state index in [2.05, 4.69) is 15.9 Å². The number of alkyl halides is 3. The highest BCUT2D eigenvalue weighted by molar-refractivity contribution is 9.10. The third kappa shape index (κ3) is 3.77. The molecule has 6 heteroatoms. The van der Waals surface area contributed by atoms with Crippen molar-refractivity contribution in [3.05, 3.63) is 33.8 Å². The van der Waals surface area contributed by atoms with Gasteiger partial charge in [-0.05, 0) is 23.3 Å². The van der Waals surface area contributed by atoms with Gasteiger partial charge in [0.25, 0.3) is 0 Å². The van der Waals surface area contributed by atoms with Crippen LogP contribution in [0.3, 0.4) is 0 Å². The summed E-state index contributed by atoms with van der Waals surface area (Å²) in [7, 11) is 0. The monoisotopic (exact) mass is 298 g/mol. The summed E-state index contributed by atoms with van der Waals surface area (Å²) in [5, 5.41) is 18.4. The second kappa shape index (κ2) is 5.16. The maximum atomic E-state index is 12.1. The Balaban J connectivity index is 2.94. The average molecular weight is 299 g/mol. The van der Waals surface area contributed by atoms with Gasteiger partial charge in [0, 0.05) is 4.47 Å². The number of aliphatic hydroxyl groups excluding tert-OH is 2. The first kappa shape index (κ1) is 13.5. The normalized spacial score (nSPS) is 13.9. The summed E-state index contributed by atoms with van der Waals surface area (Å²) in [6, 6.07) is 4.37. The van der Waals surface area contributed by atoms with Gasteiger partial charge < -0.3 is 10.2 Å². The molecule has 16 heavy (non-hydrogen) atoms. The molecule has 1 unspecified atom stereocenters. The predicted octanol–water partition coefficient (Wildman–Crippen LogP) is 2.93. The van der Waals surface area contributed by atoms with Crippen LogP contribution in [0, 0.1) is 0 Å². The van der Waals surface area contributed by atoms with E-state index < -0.39 is 25.3 Å². The zero-order valence-electron chi connectivity index (χ0n) is 8.13. The molecule has 0 spiro atoms. The van der Waals surface area contributed by atoms with Gasteiger partial charge in [0.2, 0.25) is 0 Å². The van der Waals surface area contributed by atoms with Gasteiger partial charge in [-0.25, -0.2) is 0 Å². The average Bonchev–Trinajstić information content (AvgIpc) is 2.14. The number of aliphatic hydroxyl groups is 2. The Morgan fingerprint density at radius 3 is 2.44 bits per heavy atom. The van der Waals surface area contributed by atoms with Crippen molar-refractivity contribution in [3.8, 4) is 0 Å². The van der Waals surface area contributed by atoms with Crippen LogP contribution in [0.2, 0.25) is 0 Å². The first-order valence-corrected chi connectivity index (χ1v) is 5.27. The SMILES string of the molecule is OCc1cc(Br)ccc1C(O)CC(F)(F)F. The number of hydrogen-bond donors (Lipinski definition) is 2. The lowest BCUT2D eigenvalue weighted by Crippen LogP contribution is -2.14. The van der Waals surface area contributed by atoms with Crippen molar-refractivity contribution in [2.24, 2.45) is 0 Å². The summed E-state index contributed by atoms with van der Waals surface area (Å²) in [5.74, 6) is 0. The van der Waals surface area contributed by atoms with Crippen molar-refractivity contribution in [1.82, 2.24) is 0 Å². The lowest BCUT2D eigenvalue weighted by atomic mass is 10.0. The topological polar surface area (TPSA) is 40.5 Å². The van der Waals surface area contributed by atoms with Gasteiger partial charge in [0.05, 0.1) is 19.1 Å². The number of halogens is 4. The molecule has 1 rings (SSSR count). The molecule has 0 heterocycles. The quantitative estimate of drug-likeness (QED) is 0.901. The Morgan fingerprint density at radius 2 is 1.94 bits per heavy atom. The first-order valence-electron chi connectivity index (χ1n) is 4.47. The van der Waals surface area contributed by atoms with E-state index in [0.717, 1.165) is 0 Å². The van der Waals surface area contributed by atoms with E-state index in [-0.39, 0.29) is 11.1 Å². The van der Waals surface area contributed by atoms with Gasteiger partial charge in [-0.15, -0.1) is 0 Å². The maximum Gasteiger partial charge on any atom is 0.391 e. The molecule has 0 aliphatic carbocycles. The molecule has 0 bridgehead atoms. The van der Waals surface area contributed by atoms with Gasteiger partial charge in [-0.1, -0.05) is 22.0 Å². The van der Waals surface area contributed by atoms with Crippen LogP contribution in [0.15, 0.2) is 22.7 Å². The second-order valence-electron chi connectivity index (χ2n) is 3.34. The van der Waals surface area contributed by atoms with Crippen molar-refractivity contribution in [3.63, 3.8) is 0 Å². The summed E-state index contributed by atoms with van der Waals surface area (Å²) in [5.41, 5.74) is 0.383. The van der Waals surface area contributed by atoms with Crippen molar-refractivity contribution in [2.75, 3.05) is 0 Å². The molecule has 0 amide bonds. The number of hydrogen-bond acceptors (Lipinski definition) is 2. The third-order valence-corrected chi connectivity index (χ3v) is 2.55. The van der Waals surface area contributed by atoms with E-state index in [1.807, 2.05) is 0 Å². The fraction of sp³-hybridized carbons (Fsp3) is 0.400. The van der Waals surface area contributed by atoms with E-state index in [9.17, 15) is 18.3 Å². The third-order valence-electron chi connectivity index (χ3n) is 2.06.